The molecular formula is C6H16N2O3. The number of aliphatic hydroxyl groups excluding tert-OH is 1. The van der Waals surface area contributed by atoms with E-state index in [1.165, 1.54) is 6.92 Å². The summed E-state index contributed by atoms with van der Waals surface area (Å²) in [7, 11) is 0. The van der Waals surface area contributed by atoms with Crippen LogP contribution in [-0.2, 0) is 4.79 Å². The molecular weight excluding hydrogens is 148 g/mol. The van der Waals surface area contributed by atoms with Crippen molar-refractivity contribution in [1.29, 1.82) is 5.26 Å². The highest BCUT2D eigenvalue weighted by Gasteiger charge is 1.65. The first kappa shape index (κ1) is 22.5. The van der Waals surface area contributed by atoms with E-state index in [9.17, 15) is 0 Å². The Labute approximate surface area is 66.9 Å². The van der Waals surface area contributed by atoms with E-state index in [1.807, 2.05) is 0 Å². The molecule has 0 rings (SSSR count). The van der Waals surface area contributed by atoms with Crippen LogP contribution in [0.25, 0.3) is 0 Å². The van der Waals surface area contributed by atoms with E-state index in [2.05, 4.69) is 0 Å². The highest BCUT2D eigenvalue weighted by Crippen LogP contribution is 1.42. The van der Waals surface area contributed by atoms with Gasteiger partial charge in [0.1, 0.15) is 0 Å². The third kappa shape index (κ3) is 335. The molecule has 0 saturated carbocycles. The number of carboxylic acids is 1. The molecule has 0 fully saturated rings. The van der Waals surface area contributed by atoms with Gasteiger partial charge in [0, 0.05) is 20.5 Å². The van der Waals surface area contributed by atoms with Crippen molar-refractivity contribution in [2.24, 2.45) is 0 Å². The molecule has 0 bridgehead atoms. The maximum absolute atomic E-state index is 9.00. The second-order valence-corrected chi connectivity index (χ2v) is 1.06. The van der Waals surface area contributed by atoms with E-state index in [1.54, 1.807) is 13.0 Å². The molecule has 0 aliphatic heterocycles. The minimum atomic E-state index is -0.833. The van der Waals surface area contributed by atoms with E-state index in [4.69, 9.17) is 20.3 Å². The average molecular weight is 164 g/mol. The predicted molar refractivity (Wildman–Crippen MR) is 42.4 cm³/mol. The van der Waals surface area contributed by atoms with Crippen LogP contribution in [0.1, 0.15) is 20.8 Å². The number of nitrogens with zero attached hydrogens (tertiary/aromatic N) is 1. The van der Waals surface area contributed by atoms with Gasteiger partial charge in [-0.05, 0) is 6.92 Å². The fourth-order valence-electron chi connectivity index (χ4n) is 0. The molecule has 0 aromatic rings. The topological polar surface area (TPSA) is 116 Å². The molecule has 68 valence electrons. The zero-order valence-corrected chi connectivity index (χ0v) is 7.16. The van der Waals surface area contributed by atoms with Crippen molar-refractivity contribution in [1.82, 2.24) is 6.15 Å². The highest BCUT2D eigenvalue weighted by atomic mass is 16.4. The Hall–Kier alpha value is -1.12. The first-order valence-corrected chi connectivity index (χ1v) is 2.67. The highest BCUT2D eigenvalue weighted by molar-refractivity contribution is 5.62. The molecule has 0 aliphatic rings. The van der Waals surface area contributed by atoms with Gasteiger partial charge >= 0.3 is 0 Å². The molecule has 0 heterocycles. The lowest BCUT2D eigenvalue weighted by atomic mass is 10.9. The van der Waals surface area contributed by atoms with Crippen LogP contribution >= 0.6 is 0 Å². The minimum absolute atomic E-state index is 0. The maximum Gasteiger partial charge on any atom is 0.300 e. The van der Waals surface area contributed by atoms with Crippen molar-refractivity contribution >= 4 is 5.97 Å². The summed E-state index contributed by atoms with van der Waals surface area (Å²) in [6, 6.07) is 1.75. The normalized spacial score (nSPS) is 4.64. The fourth-order valence-corrected chi connectivity index (χ4v) is 0. The number of carbonyl (C=O) groups is 1. The summed E-state index contributed by atoms with van der Waals surface area (Å²) in [5.74, 6) is -0.833. The summed E-state index contributed by atoms with van der Waals surface area (Å²) in [6.45, 7) is 4.44. The number of hydrogen-bond donors (Lipinski definition) is 3. The van der Waals surface area contributed by atoms with Crippen molar-refractivity contribution < 1.29 is 15.0 Å². The van der Waals surface area contributed by atoms with E-state index in [0.29, 0.717) is 0 Å². The number of hydrogen-bond acceptors (Lipinski definition) is 4. The van der Waals surface area contributed by atoms with Crippen LogP contribution < -0.4 is 6.15 Å². The lowest BCUT2D eigenvalue weighted by Gasteiger charge is -1.59. The Morgan fingerprint density at radius 3 is 1.64 bits per heavy atom. The summed E-state index contributed by atoms with van der Waals surface area (Å²) in [5, 5.41) is 22.3. The average Bonchev–Trinajstić information content (AvgIpc) is 1.65. The Kier molecular flexibility index (Phi) is 75.0. The molecule has 0 aromatic carbocycles. The van der Waals surface area contributed by atoms with Crippen LogP contribution in [0, 0.1) is 11.3 Å². The SMILES string of the molecule is CC#N.CC(=O)O.CCO.N. The third-order valence-corrected chi connectivity index (χ3v) is 0. The van der Waals surface area contributed by atoms with Gasteiger partial charge in [-0.25, -0.2) is 0 Å². The van der Waals surface area contributed by atoms with Gasteiger partial charge in [-0.15, -0.1) is 0 Å². The van der Waals surface area contributed by atoms with Gasteiger partial charge in [-0.2, -0.15) is 5.26 Å². The van der Waals surface area contributed by atoms with E-state index < -0.39 is 5.97 Å². The maximum atomic E-state index is 9.00. The monoisotopic (exact) mass is 164 g/mol. The van der Waals surface area contributed by atoms with Gasteiger partial charge in [0.15, 0.2) is 0 Å². The molecule has 5 nitrogen and oxygen atoms in total. The number of carboxylic acid groups (broad SMARTS) is 1. The molecule has 0 aliphatic carbocycles. The van der Waals surface area contributed by atoms with E-state index in [-0.39, 0.29) is 12.8 Å². The summed E-state index contributed by atoms with van der Waals surface area (Å²) in [6.07, 6.45) is 0. The van der Waals surface area contributed by atoms with Crippen LogP contribution in [0.4, 0.5) is 0 Å². The molecule has 0 saturated heterocycles. The fraction of sp³-hybridized carbons (Fsp3) is 0.667. The lowest BCUT2D eigenvalue weighted by Crippen LogP contribution is -1.78. The smallest absolute Gasteiger partial charge is 0.300 e. The number of nitriles is 1. The zero-order valence-electron chi connectivity index (χ0n) is 7.16. The van der Waals surface area contributed by atoms with Crippen LogP contribution in [0.3, 0.4) is 0 Å². The van der Waals surface area contributed by atoms with Gasteiger partial charge in [-0.3, -0.25) is 4.79 Å². The van der Waals surface area contributed by atoms with Gasteiger partial charge in [0.05, 0.1) is 6.07 Å². The quantitative estimate of drug-likeness (QED) is 0.489. The van der Waals surface area contributed by atoms with Crippen molar-refractivity contribution in [3.63, 3.8) is 0 Å². The molecule has 11 heavy (non-hydrogen) atoms. The van der Waals surface area contributed by atoms with Crippen molar-refractivity contribution in [3.8, 4) is 6.07 Å². The zero-order chi connectivity index (χ0) is 8.99. The molecule has 5 N–H and O–H groups in total. The Morgan fingerprint density at radius 1 is 1.64 bits per heavy atom. The Morgan fingerprint density at radius 2 is 1.64 bits per heavy atom. The van der Waals surface area contributed by atoms with Crippen LogP contribution in [0.5, 0.6) is 0 Å². The van der Waals surface area contributed by atoms with E-state index >= 15 is 0 Å². The molecule has 0 spiro atoms. The van der Waals surface area contributed by atoms with Crippen LogP contribution in [-0.4, -0.2) is 22.8 Å². The minimum Gasteiger partial charge on any atom is -0.481 e. The molecule has 0 radical (unpaired) electrons. The summed E-state index contributed by atoms with van der Waals surface area (Å²) < 4.78 is 0. The Bertz CT molecular complexity index is 94.5. The largest absolute Gasteiger partial charge is 0.481 e. The van der Waals surface area contributed by atoms with Gasteiger partial charge in [0.2, 0.25) is 0 Å². The summed E-state index contributed by atoms with van der Waals surface area (Å²) >= 11 is 0. The lowest BCUT2D eigenvalue weighted by molar-refractivity contribution is -0.134. The van der Waals surface area contributed by atoms with Crippen LogP contribution in [0.2, 0.25) is 0 Å². The molecule has 0 amide bonds. The number of rotatable bonds is 0. The van der Waals surface area contributed by atoms with Crippen molar-refractivity contribution in [2.75, 3.05) is 6.61 Å². The number of aliphatic hydroxyl groups is 1. The summed E-state index contributed by atoms with van der Waals surface area (Å²) in [4.78, 5) is 9.00. The Balaban J connectivity index is -0.0000000325. The van der Waals surface area contributed by atoms with Crippen molar-refractivity contribution in [3.05, 3.63) is 0 Å². The van der Waals surface area contributed by atoms with Crippen molar-refractivity contribution in [2.45, 2.75) is 20.8 Å². The molecule has 0 aromatic heterocycles. The second kappa shape index (κ2) is 36.6. The first-order chi connectivity index (χ1) is 4.56. The standard InChI is InChI=1S/C2H3N.C2H4O2.C2H6O.H3N/c1-2-3;1-2(3)4;1-2-3;/h1H3;1H3,(H,3,4);3H,2H2,1H3;1H3. The third-order valence-electron chi connectivity index (χ3n) is 0. The van der Waals surface area contributed by atoms with Gasteiger partial charge in [0.25, 0.3) is 5.97 Å². The molecule has 0 atom stereocenters. The van der Waals surface area contributed by atoms with E-state index in [0.717, 1.165) is 6.92 Å². The first-order valence-electron chi connectivity index (χ1n) is 2.67. The molecule has 5 heteroatoms. The number of aliphatic carboxylic acids is 1. The second-order valence-electron chi connectivity index (χ2n) is 1.06. The summed E-state index contributed by atoms with van der Waals surface area (Å²) in [5.41, 5.74) is 0. The van der Waals surface area contributed by atoms with Gasteiger partial charge in [-0.1, -0.05) is 0 Å². The molecule has 0 unspecified atom stereocenters. The van der Waals surface area contributed by atoms with Crippen LogP contribution in [0.15, 0.2) is 0 Å². The predicted octanol–water partition coefficient (Wildman–Crippen LogP) is 0.781. The van der Waals surface area contributed by atoms with Gasteiger partial charge < -0.3 is 16.4 Å².